The Bertz CT molecular complexity index is 366. The molecule has 0 fully saturated rings. The Morgan fingerprint density at radius 3 is 2.88 bits per heavy atom. The van der Waals surface area contributed by atoms with Crippen LogP contribution in [0.2, 0.25) is 0 Å². The molecule has 0 aromatic heterocycles. The van der Waals surface area contributed by atoms with Crippen LogP contribution >= 0.6 is 0 Å². The smallest absolute Gasteiger partial charge is 0.319 e. The lowest BCUT2D eigenvalue weighted by atomic mass is 10.2. The number of nitrogens with one attached hydrogen (secondary N) is 2. The van der Waals surface area contributed by atoms with Crippen molar-refractivity contribution in [3.05, 3.63) is 29.8 Å². The third kappa shape index (κ3) is 4.87. The van der Waals surface area contributed by atoms with E-state index < -0.39 is 0 Å². The van der Waals surface area contributed by atoms with Gasteiger partial charge in [0, 0.05) is 18.8 Å². The number of rotatable bonds is 5. The zero-order chi connectivity index (χ0) is 12.7. The van der Waals surface area contributed by atoms with Crippen LogP contribution in [0.1, 0.15) is 25.8 Å². The van der Waals surface area contributed by atoms with Gasteiger partial charge in [-0.1, -0.05) is 19.1 Å². The molecule has 0 bridgehead atoms. The van der Waals surface area contributed by atoms with Crippen molar-refractivity contribution in [3.8, 4) is 0 Å². The molecule has 17 heavy (non-hydrogen) atoms. The Kier molecular flexibility index (Phi) is 5.49. The van der Waals surface area contributed by atoms with E-state index in [-0.39, 0.29) is 12.1 Å². The third-order valence-corrected chi connectivity index (χ3v) is 2.49. The van der Waals surface area contributed by atoms with Gasteiger partial charge in [0.1, 0.15) is 0 Å². The number of hydrogen-bond donors (Lipinski definition) is 2. The number of ether oxygens (including phenoxy) is 1. The van der Waals surface area contributed by atoms with E-state index in [9.17, 15) is 4.79 Å². The van der Waals surface area contributed by atoms with E-state index in [1.54, 1.807) is 7.11 Å². The van der Waals surface area contributed by atoms with Crippen LogP contribution in [0.3, 0.4) is 0 Å². The molecule has 0 aliphatic carbocycles. The molecule has 1 aromatic carbocycles. The van der Waals surface area contributed by atoms with Gasteiger partial charge in [-0.05, 0) is 31.0 Å². The van der Waals surface area contributed by atoms with E-state index in [0.717, 1.165) is 17.7 Å². The summed E-state index contributed by atoms with van der Waals surface area (Å²) >= 11 is 0. The molecule has 0 spiro atoms. The Hall–Kier alpha value is -1.55. The fourth-order valence-corrected chi connectivity index (χ4v) is 1.40. The fourth-order valence-electron chi connectivity index (χ4n) is 1.40. The molecule has 2 N–H and O–H groups in total. The second-order valence-electron chi connectivity index (χ2n) is 4.04. The quantitative estimate of drug-likeness (QED) is 0.826. The van der Waals surface area contributed by atoms with Crippen LogP contribution in [-0.2, 0) is 11.3 Å². The van der Waals surface area contributed by atoms with Crippen LogP contribution in [0.15, 0.2) is 24.3 Å². The standard InChI is InChI=1S/C13H20N2O2/c1-4-10(2)14-13(16)15-12-7-5-6-11(8-12)9-17-3/h5-8,10H,4,9H2,1-3H3,(H2,14,15,16)/t10-/m1/s1. The average Bonchev–Trinajstić information content (AvgIpc) is 2.29. The van der Waals surface area contributed by atoms with Gasteiger partial charge in [-0.25, -0.2) is 4.79 Å². The van der Waals surface area contributed by atoms with Crippen molar-refractivity contribution in [3.63, 3.8) is 0 Å². The van der Waals surface area contributed by atoms with E-state index in [0.29, 0.717) is 6.61 Å². The average molecular weight is 236 g/mol. The zero-order valence-corrected chi connectivity index (χ0v) is 10.6. The van der Waals surface area contributed by atoms with Crippen LogP contribution in [0.4, 0.5) is 10.5 Å². The number of hydrogen-bond acceptors (Lipinski definition) is 2. The monoisotopic (exact) mass is 236 g/mol. The molecular weight excluding hydrogens is 216 g/mol. The summed E-state index contributed by atoms with van der Waals surface area (Å²) < 4.78 is 5.04. The van der Waals surface area contributed by atoms with E-state index in [1.807, 2.05) is 38.1 Å². The van der Waals surface area contributed by atoms with E-state index in [1.165, 1.54) is 0 Å². The highest BCUT2D eigenvalue weighted by Crippen LogP contribution is 2.11. The van der Waals surface area contributed by atoms with Crippen LogP contribution in [0, 0.1) is 0 Å². The number of urea groups is 1. The Labute approximate surface area is 102 Å². The minimum atomic E-state index is -0.172. The summed E-state index contributed by atoms with van der Waals surface area (Å²) in [6.07, 6.45) is 0.914. The highest BCUT2D eigenvalue weighted by molar-refractivity contribution is 5.89. The van der Waals surface area contributed by atoms with Crippen molar-refractivity contribution in [2.45, 2.75) is 32.9 Å². The first-order chi connectivity index (χ1) is 8.15. The summed E-state index contributed by atoms with van der Waals surface area (Å²) in [5.74, 6) is 0. The summed E-state index contributed by atoms with van der Waals surface area (Å²) in [7, 11) is 1.65. The van der Waals surface area contributed by atoms with E-state index in [2.05, 4.69) is 10.6 Å². The maximum Gasteiger partial charge on any atom is 0.319 e. The van der Waals surface area contributed by atoms with Crippen molar-refractivity contribution in [2.75, 3.05) is 12.4 Å². The first kappa shape index (κ1) is 13.5. The molecular formula is C13H20N2O2. The normalized spacial score (nSPS) is 11.9. The van der Waals surface area contributed by atoms with Crippen LogP contribution < -0.4 is 10.6 Å². The predicted octanol–water partition coefficient (Wildman–Crippen LogP) is 2.75. The Morgan fingerprint density at radius 2 is 2.24 bits per heavy atom. The van der Waals surface area contributed by atoms with Crippen LogP contribution in [0.5, 0.6) is 0 Å². The first-order valence-corrected chi connectivity index (χ1v) is 5.81. The number of methoxy groups -OCH3 is 1. The summed E-state index contributed by atoms with van der Waals surface area (Å²) in [4.78, 5) is 11.6. The van der Waals surface area contributed by atoms with Gasteiger partial charge >= 0.3 is 6.03 Å². The second-order valence-corrected chi connectivity index (χ2v) is 4.04. The van der Waals surface area contributed by atoms with Gasteiger partial charge in [-0.2, -0.15) is 0 Å². The summed E-state index contributed by atoms with van der Waals surface area (Å²) in [6, 6.07) is 7.62. The molecule has 0 saturated heterocycles. The highest BCUT2D eigenvalue weighted by atomic mass is 16.5. The summed E-state index contributed by atoms with van der Waals surface area (Å²) in [5, 5.41) is 5.65. The highest BCUT2D eigenvalue weighted by Gasteiger charge is 2.05. The molecule has 1 aromatic rings. The molecule has 0 unspecified atom stereocenters. The molecule has 0 aliphatic heterocycles. The molecule has 1 atom stereocenters. The molecule has 2 amide bonds. The zero-order valence-electron chi connectivity index (χ0n) is 10.6. The Morgan fingerprint density at radius 1 is 1.47 bits per heavy atom. The second kappa shape index (κ2) is 6.91. The molecule has 0 saturated carbocycles. The number of carbonyl (C=O) groups excluding carboxylic acids is 1. The van der Waals surface area contributed by atoms with Crippen molar-refractivity contribution in [1.82, 2.24) is 5.32 Å². The van der Waals surface area contributed by atoms with E-state index in [4.69, 9.17) is 4.74 Å². The van der Waals surface area contributed by atoms with Crippen LogP contribution in [0.25, 0.3) is 0 Å². The number of amides is 2. The lowest BCUT2D eigenvalue weighted by Gasteiger charge is -2.13. The first-order valence-electron chi connectivity index (χ1n) is 5.81. The van der Waals surface area contributed by atoms with Gasteiger partial charge in [0.25, 0.3) is 0 Å². The maximum atomic E-state index is 11.6. The summed E-state index contributed by atoms with van der Waals surface area (Å²) in [5.41, 5.74) is 1.81. The molecule has 0 aliphatic rings. The molecule has 0 radical (unpaired) electrons. The Balaban J connectivity index is 2.55. The molecule has 4 heteroatoms. The number of benzene rings is 1. The minimum Gasteiger partial charge on any atom is -0.380 e. The predicted molar refractivity (Wildman–Crippen MR) is 69.1 cm³/mol. The maximum absolute atomic E-state index is 11.6. The van der Waals surface area contributed by atoms with Crippen LogP contribution in [-0.4, -0.2) is 19.2 Å². The van der Waals surface area contributed by atoms with Gasteiger partial charge in [0.2, 0.25) is 0 Å². The SMILES string of the molecule is CC[C@@H](C)NC(=O)Nc1cccc(COC)c1. The molecule has 1 rings (SSSR count). The molecule has 0 heterocycles. The topological polar surface area (TPSA) is 50.4 Å². The lowest BCUT2D eigenvalue weighted by Crippen LogP contribution is -2.35. The fraction of sp³-hybridized carbons (Fsp3) is 0.462. The largest absolute Gasteiger partial charge is 0.380 e. The van der Waals surface area contributed by atoms with Gasteiger partial charge in [0.15, 0.2) is 0 Å². The van der Waals surface area contributed by atoms with Crippen molar-refractivity contribution >= 4 is 11.7 Å². The minimum absolute atomic E-state index is 0.172. The van der Waals surface area contributed by atoms with Crippen molar-refractivity contribution in [1.29, 1.82) is 0 Å². The molecule has 4 nitrogen and oxygen atoms in total. The van der Waals surface area contributed by atoms with Gasteiger partial charge < -0.3 is 15.4 Å². The van der Waals surface area contributed by atoms with Crippen molar-refractivity contribution in [2.24, 2.45) is 0 Å². The van der Waals surface area contributed by atoms with Crippen molar-refractivity contribution < 1.29 is 9.53 Å². The third-order valence-electron chi connectivity index (χ3n) is 2.49. The number of anilines is 1. The summed E-state index contributed by atoms with van der Waals surface area (Å²) in [6.45, 7) is 4.55. The van der Waals surface area contributed by atoms with Gasteiger partial charge in [-0.15, -0.1) is 0 Å². The number of carbonyl (C=O) groups is 1. The lowest BCUT2D eigenvalue weighted by molar-refractivity contribution is 0.185. The van der Waals surface area contributed by atoms with E-state index >= 15 is 0 Å². The van der Waals surface area contributed by atoms with Gasteiger partial charge in [0.05, 0.1) is 6.61 Å². The molecule has 94 valence electrons. The van der Waals surface area contributed by atoms with Gasteiger partial charge in [-0.3, -0.25) is 0 Å².